The third kappa shape index (κ3) is 4.87. The number of carbonyl (C=O) groups excluding carboxylic acids is 1. The maximum atomic E-state index is 13.3. The van der Waals surface area contributed by atoms with Crippen LogP contribution in [0.5, 0.6) is 5.75 Å². The highest BCUT2D eigenvalue weighted by molar-refractivity contribution is 5.84. The number of fused-ring (bicyclic) bond motifs is 2. The zero-order valence-electron chi connectivity index (χ0n) is 20.4. The average Bonchev–Trinajstić information content (AvgIpc) is 2.88. The smallest absolute Gasteiger partial charge is 0.227 e. The number of anilines is 1. The van der Waals surface area contributed by atoms with Gasteiger partial charge in [0.1, 0.15) is 5.75 Å². The molecule has 0 unspecified atom stereocenters. The molecular weight excluding hydrogens is 440 g/mol. The van der Waals surface area contributed by atoms with E-state index in [2.05, 4.69) is 14.9 Å². The lowest BCUT2D eigenvalue weighted by molar-refractivity contribution is -0.135. The van der Waals surface area contributed by atoms with Gasteiger partial charge in [0.2, 0.25) is 11.9 Å². The van der Waals surface area contributed by atoms with Crippen molar-refractivity contribution in [2.24, 2.45) is 5.92 Å². The lowest BCUT2D eigenvalue weighted by atomic mass is 9.96. The second-order valence-electron chi connectivity index (χ2n) is 9.08. The molecule has 0 aliphatic carbocycles. The van der Waals surface area contributed by atoms with Crippen LogP contribution in [-0.2, 0) is 11.3 Å². The molecule has 1 fully saturated rings. The molecule has 0 spiro atoms. The van der Waals surface area contributed by atoms with Gasteiger partial charge in [-0.1, -0.05) is 6.07 Å². The Morgan fingerprint density at radius 1 is 1.09 bits per heavy atom. The van der Waals surface area contributed by atoms with Gasteiger partial charge < -0.3 is 14.5 Å². The molecule has 1 saturated heterocycles. The van der Waals surface area contributed by atoms with Crippen LogP contribution in [0.4, 0.5) is 5.95 Å². The molecule has 1 amide bonds. The number of aromatic nitrogens is 4. The van der Waals surface area contributed by atoms with E-state index in [9.17, 15) is 4.79 Å². The number of hydrogen-bond donors (Lipinski definition) is 0. The van der Waals surface area contributed by atoms with E-state index in [1.165, 1.54) is 0 Å². The minimum atomic E-state index is -0.0890. The summed E-state index contributed by atoms with van der Waals surface area (Å²) in [6.45, 7) is 6.59. The molecule has 35 heavy (non-hydrogen) atoms. The second kappa shape index (κ2) is 9.82. The highest BCUT2D eigenvalue weighted by atomic mass is 16.5. The molecule has 0 bridgehead atoms. The van der Waals surface area contributed by atoms with Crippen LogP contribution in [0, 0.1) is 12.8 Å². The zero-order valence-corrected chi connectivity index (χ0v) is 20.4. The largest absolute Gasteiger partial charge is 0.494 e. The van der Waals surface area contributed by atoms with Crippen molar-refractivity contribution in [3.63, 3.8) is 0 Å². The number of ether oxygens (including phenoxy) is 1. The SMILES string of the molecule is CCOc1ccc2nc(N3CCC[C@H](C(=O)N(C)Cc4ccc5nccnc5c4)C3)nc(C)c2c1. The van der Waals surface area contributed by atoms with Gasteiger partial charge in [-0.25, -0.2) is 9.97 Å². The Balaban J connectivity index is 1.30. The number of nitrogens with zero attached hydrogens (tertiary/aromatic N) is 6. The first-order chi connectivity index (χ1) is 17.0. The van der Waals surface area contributed by atoms with Crippen LogP contribution in [0.1, 0.15) is 31.0 Å². The topological polar surface area (TPSA) is 84.3 Å². The summed E-state index contributed by atoms with van der Waals surface area (Å²) in [6.07, 6.45) is 5.17. The Bertz CT molecular complexity index is 1370. The van der Waals surface area contributed by atoms with Gasteiger partial charge in [-0.05, 0) is 62.6 Å². The highest BCUT2D eigenvalue weighted by Crippen LogP contribution is 2.27. The van der Waals surface area contributed by atoms with Crippen LogP contribution in [0.25, 0.3) is 21.9 Å². The van der Waals surface area contributed by atoms with E-state index < -0.39 is 0 Å². The van der Waals surface area contributed by atoms with Crippen LogP contribution in [0.3, 0.4) is 0 Å². The first kappa shape index (κ1) is 23.0. The summed E-state index contributed by atoms with van der Waals surface area (Å²) >= 11 is 0. The van der Waals surface area contributed by atoms with Crippen LogP contribution >= 0.6 is 0 Å². The number of piperidine rings is 1. The van der Waals surface area contributed by atoms with Crippen molar-refractivity contribution in [1.29, 1.82) is 0 Å². The van der Waals surface area contributed by atoms with Crippen LogP contribution < -0.4 is 9.64 Å². The van der Waals surface area contributed by atoms with Crippen molar-refractivity contribution < 1.29 is 9.53 Å². The first-order valence-corrected chi connectivity index (χ1v) is 12.1. The van der Waals surface area contributed by atoms with Gasteiger partial charge in [0.05, 0.1) is 34.8 Å². The van der Waals surface area contributed by atoms with Gasteiger partial charge in [0, 0.05) is 44.5 Å². The van der Waals surface area contributed by atoms with Crippen molar-refractivity contribution in [3.8, 4) is 5.75 Å². The fraction of sp³-hybridized carbons (Fsp3) is 0.370. The van der Waals surface area contributed by atoms with E-state index in [1.54, 1.807) is 12.4 Å². The second-order valence-corrected chi connectivity index (χ2v) is 9.08. The van der Waals surface area contributed by atoms with Crippen molar-refractivity contribution in [2.75, 3.05) is 31.6 Å². The predicted octanol–water partition coefficient (Wildman–Crippen LogP) is 4.16. The third-order valence-corrected chi connectivity index (χ3v) is 6.54. The van der Waals surface area contributed by atoms with Crippen LogP contribution in [0.15, 0.2) is 48.8 Å². The van der Waals surface area contributed by atoms with Crippen molar-refractivity contribution in [1.82, 2.24) is 24.8 Å². The number of hydrogen-bond acceptors (Lipinski definition) is 7. The Kier molecular flexibility index (Phi) is 6.44. The predicted molar refractivity (Wildman–Crippen MR) is 136 cm³/mol. The van der Waals surface area contributed by atoms with E-state index >= 15 is 0 Å². The molecule has 1 atom stereocenters. The van der Waals surface area contributed by atoms with Gasteiger partial charge >= 0.3 is 0 Å². The molecule has 3 heterocycles. The summed E-state index contributed by atoms with van der Waals surface area (Å²) in [7, 11) is 1.87. The quantitative estimate of drug-likeness (QED) is 0.418. The van der Waals surface area contributed by atoms with E-state index in [0.29, 0.717) is 25.6 Å². The summed E-state index contributed by atoms with van der Waals surface area (Å²) < 4.78 is 5.63. The van der Waals surface area contributed by atoms with E-state index in [0.717, 1.165) is 58.3 Å². The van der Waals surface area contributed by atoms with Gasteiger partial charge in [-0.3, -0.25) is 14.8 Å². The molecule has 4 aromatic rings. The van der Waals surface area contributed by atoms with Gasteiger partial charge in [0.25, 0.3) is 0 Å². The number of aryl methyl sites for hydroxylation is 1. The van der Waals surface area contributed by atoms with Gasteiger partial charge in [0.15, 0.2) is 0 Å². The fourth-order valence-electron chi connectivity index (χ4n) is 4.77. The molecule has 180 valence electrons. The average molecular weight is 471 g/mol. The lowest BCUT2D eigenvalue weighted by Gasteiger charge is -2.34. The molecule has 5 rings (SSSR count). The first-order valence-electron chi connectivity index (χ1n) is 12.1. The number of rotatable bonds is 6. The summed E-state index contributed by atoms with van der Waals surface area (Å²) in [5, 5.41) is 0.990. The zero-order chi connectivity index (χ0) is 24.4. The minimum absolute atomic E-state index is 0.0890. The Morgan fingerprint density at radius 3 is 2.71 bits per heavy atom. The fourth-order valence-corrected chi connectivity index (χ4v) is 4.77. The molecular formula is C27H30N6O2. The van der Waals surface area contributed by atoms with E-state index in [4.69, 9.17) is 14.7 Å². The Labute approximate surface area is 205 Å². The minimum Gasteiger partial charge on any atom is -0.494 e. The third-order valence-electron chi connectivity index (χ3n) is 6.54. The summed E-state index contributed by atoms with van der Waals surface area (Å²) in [5.74, 6) is 1.57. The molecule has 0 radical (unpaired) electrons. The van der Waals surface area contributed by atoms with E-state index in [-0.39, 0.29) is 11.8 Å². The monoisotopic (exact) mass is 470 g/mol. The maximum absolute atomic E-state index is 13.3. The Morgan fingerprint density at radius 2 is 1.89 bits per heavy atom. The van der Waals surface area contributed by atoms with Crippen LogP contribution in [0.2, 0.25) is 0 Å². The van der Waals surface area contributed by atoms with Crippen molar-refractivity contribution in [3.05, 3.63) is 60.0 Å². The van der Waals surface area contributed by atoms with Crippen molar-refractivity contribution >= 4 is 33.8 Å². The summed E-state index contributed by atoms with van der Waals surface area (Å²) in [4.78, 5) is 35.6. The standard InChI is InChI=1S/C27H30N6O2/c1-4-35-21-8-10-23-22(15-21)18(2)30-27(31-23)33-13-5-6-20(17-33)26(34)32(3)16-19-7-9-24-25(14-19)29-12-11-28-24/h7-12,14-15,20H,4-6,13,16-17H2,1-3H3/t20-/m0/s1. The number of carbonyl (C=O) groups is 1. The maximum Gasteiger partial charge on any atom is 0.227 e. The van der Waals surface area contributed by atoms with Crippen molar-refractivity contribution in [2.45, 2.75) is 33.2 Å². The van der Waals surface area contributed by atoms with Crippen LogP contribution in [-0.4, -0.2) is 57.5 Å². The molecule has 0 saturated carbocycles. The molecule has 0 N–H and O–H groups in total. The molecule has 1 aliphatic rings. The summed E-state index contributed by atoms with van der Waals surface area (Å²) in [5.41, 5.74) is 4.54. The normalized spacial score (nSPS) is 16.0. The Hall–Kier alpha value is -3.81. The highest BCUT2D eigenvalue weighted by Gasteiger charge is 2.29. The molecule has 1 aliphatic heterocycles. The summed E-state index contributed by atoms with van der Waals surface area (Å²) in [6, 6.07) is 11.9. The molecule has 2 aromatic heterocycles. The van der Waals surface area contributed by atoms with Gasteiger partial charge in [-0.2, -0.15) is 0 Å². The molecule has 2 aromatic carbocycles. The number of amides is 1. The number of benzene rings is 2. The molecule has 8 nitrogen and oxygen atoms in total. The van der Waals surface area contributed by atoms with Gasteiger partial charge in [-0.15, -0.1) is 0 Å². The molecule has 8 heteroatoms. The van der Waals surface area contributed by atoms with E-state index in [1.807, 2.05) is 62.2 Å². The lowest BCUT2D eigenvalue weighted by Crippen LogP contribution is -2.44.